The summed E-state index contributed by atoms with van der Waals surface area (Å²) in [4.78, 5) is 11.0. The molecule has 0 saturated heterocycles. The maximum absolute atomic E-state index is 11.8. The van der Waals surface area contributed by atoms with E-state index in [9.17, 15) is 13.6 Å². The monoisotopic (exact) mass is 206 g/mol. The molecule has 1 amide bonds. The lowest BCUT2D eigenvalue weighted by Gasteiger charge is -2.12. The summed E-state index contributed by atoms with van der Waals surface area (Å²) in [5, 5.41) is 10.7. The highest BCUT2D eigenvalue weighted by atomic mass is 19.3. The van der Waals surface area contributed by atoms with Gasteiger partial charge in [0.05, 0.1) is 6.04 Å². The Morgan fingerprint density at radius 2 is 2.21 bits per heavy atom. The lowest BCUT2D eigenvalue weighted by atomic mass is 10.2. The molecule has 6 heteroatoms. The number of hydrogen-bond donors (Lipinski definition) is 3. The van der Waals surface area contributed by atoms with E-state index in [0.29, 0.717) is 0 Å². The Hall–Kier alpha value is -1.19. The zero-order chi connectivity index (χ0) is 11.1. The standard InChI is InChI=1S/C8H12F2N2O2/c1-2-3-5(11)8(14)12-4-6(13)7(9)10/h1,5-7,13H,3-4,11H2,(H,12,14). The first-order chi connectivity index (χ1) is 6.49. The van der Waals surface area contributed by atoms with Crippen molar-refractivity contribution in [2.24, 2.45) is 5.73 Å². The Morgan fingerprint density at radius 1 is 1.64 bits per heavy atom. The summed E-state index contributed by atoms with van der Waals surface area (Å²) in [6.45, 7) is -0.533. The molecule has 0 aromatic carbocycles. The number of carbonyl (C=O) groups is 1. The van der Waals surface area contributed by atoms with Crippen LogP contribution in [-0.4, -0.2) is 36.1 Å². The minimum Gasteiger partial charge on any atom is -0.385 e. The number of rotatable bonds is 5. The average Bonchev–Trinajstić information content (AvgIpc) is 2.13. The Balaban J connectivity index is 3.80. The lowest BCUT2D eigenvalue weighted by Crippen LogP contribution is -2.44. The molecule has 0 spiro atoms. The van der Waals surface area contributed by atoms with E-state index >= 15 is 0 Å². The smallest absolute Gasteiger partial charge is 0.265 e. The normalized spacial score (nSPS) is 14.6. The average molecular weight is 206 g/mol. The molecule has 0 aromatic heterocycles. The summed E-state index contributed by atoms with van der Waals surface area (Å²) < 4.78 is 23.5. The fraction of sp³-hybridized carbons (Fsp3) is 0.625. The van der Waals surface area contributed by atoms with Crippen LogP contribution < -0.4 is 11.1 Å². The van der Waals surface area contributed by atoms with Crippen LogP contribution in [0.4, 0.5) is 8.78 Å². The molecular weight excluding hydrogens is 194 g/mol. The Morgan fingerprint density at radius 3 is 2.64 bits per heavy atom. The van der Waals surface area contributed by atoms with Crippen LogP contribution in [0.15, 0.2) is 0 Å². The molecule has 14 heavy (non-hydrogen) atoms. The molecule has 0 aromatic rings. The van der Waals surface area contributed by atoms with Crippen LogP contribution in [0.5, 0.6) is 0 Å². The molecule has 0 rings (SSSR count). The summed E-state index contributed by atoms with van der Waals surface area (Å²) in [7, 11) is 0. The minimum absolute atomic E-state index is 0.0244. The molecule has 2 atom stereocenters. The molecule has 0 saturated carbocycles. The highest BCUT2D eigenvalue weighted by Gasteiger charge is 2.19. The first kappa shape index (κ1) is 12.8. The van der Waals surface area contributed by atoms with Gasteiger partial charge in [-0.05, 0) is 0 Å². The maximum Gasteiger partial charge on any atom is 0.265 e. The van der Waals surface area contributed by atoms with Gasteiger partial charge in [-0.2, -0.15) is 0 Å². The molecule has 4 nitrogen and oxygen atoms in total. The molecule has 0 heterocycles. The lowest BCUT2D eigenvalue weighted by molar-refractivity contribution is -0.123. The predicted octanol–water partition coefficient (Wildman–Crippen LogP) is -0.921. The number of hydrogen-bond acceptors (Lipinski definition) is 3. The molecule has 2 unspecified atom stereocenters. The van der Waals surface area contributed by atoms with Crippen molar-refractivity contribution < 1.29 is 18.7 Å². The molecule has 0 aliphatic heterocycles. The van der Waals surface area contributed by atoms with Crippen LogP contribution in [-0.2, 0) is 4.79 Å². The highest BCUT2D eigenvalue weighted by molar-refractivity contribution is 5.81. The van der Waals surface area contributed by atoms with Gasteiger partial charge in [0.1, 0.15) is 6.10 Å². The first-order valence-corrected chi connectivity index (χ1v) is 3.92. The van der Waals surface area contributed by atoms with Gasteiger partial charge in [0.15, 0.2) is 0 Å². The van der Waals surface area contributed by atoms with Gasteiger partial charge in [-0.25, -0.2) is 8.78 Å². The minimum atomic E-state index is -2.89. The number of amides is 1. The number of aliphatic hydroxyl groups excluding tert-OH is 1. The van der Waals surface area contributed by atoms with E-state index in [2.05, 4.69) is 11.2 Å². The summed E-state index contributed by atoms with van der Waals surface area (Å²) in [6, 6.07) is -0.926. The largest absolute Gasteiger partial charge is 0.385 e. The molecule has 0 aliphatic carbocycles. The fourth-order valence-corrected chi connectivity index (χ4v) is 0.645. The zero-order valence-corrected chi connectivity index (χ0v) is 7.41. The van der Waals surface area contributed by atoms with Crippen LogP contribution in [0.25, 0.3) is 0 Å². The number of aliphatic hydroxyl groups is 1. The molecule has 4 N–H and O–H groups in total. The van der Waals surface area contributed by atoms with Gasteiger partial charge in [-0.3, -0.25) is 4.79 Å². The third-order valence-corrected chi connectivity index (χ3v) is 1.45. The number of nitrogens with two attached hydrogens (primary N) is 1. The zero-order valence-electron chi connectivity index (χ0n) is 7.41. The SMILES string of the molecule is C#CCC(N)C(=O)NCC(O)C(F)F. The number of alkyl halides is 2. The molecule has 80 valence electrons. The summed E-state index contributed by atoms with van der Waals surface area (Å²) in [5.41, 5.74) is 5.27. The van der Waals surface area contributed by atoms with E-state index in [0.717, 1.165) is 0 Å². The van der Waals surface area contributed by atoms with Crippen LogP contribution in [0, 0.1) is 12.3 Å². The van der Waals surface area contributed by atoms with Crippen molar-refractivity contribution >= 4 is 5.91 Å². The predicted molar refractivity (Wildman–Crippen MR) is 46.4 cm³/mol. The van der Waals surface area contributed by atoms with Crippen molar-refractivity contribution in [3.63, 3.8) is 0 Å². The third-order valence-electron chi connectivity index (χ3n) is 1.45. The second kappa shape index (κ2) is 6.29. The van der Waals surface area contributed by atoms with Crippen molar-refractivity contribution in [3.05, 3.63) is 0 Å². The number of halogens is 2. The fourth-order valence-electron chi connectivity index (χ4n) is 0.645. The van der Waals surface area contributed by atoms with E-state index in [1.165, 1.54) is 0 Å². The van der Waals surface area contributed by atoms with E-state index in [-0.39, 0.29) is 6.42 Å². The van der Waals surface area contributed by atoms with E-state index in [1.807, 2.05) is 0 Å². The molecule has 0 fully saturated rings. The van der Waals surface area contributed by atoms with Gasteiger partial charge in [0.25, 0.3) is 6.43 Å². The van der Waals surface area contributed by atoms with Gasteiger partial charge in [-0.15, -0.1) is 12.3 Å². The van der Waals surface area contributed by atoms with E-state index in [4.69, 9.17) is 17.3 Å². The van der Waals surface area contributed by atoms with Crippen molar-refractivity contribution in [1.29, 1.82) is 0 Å². The molecule has 0 bridgehead atoms. The topological polar surface area (TPSA) is 75.4 Å². The van der Waals surface area contributed by atoms with Crippen LogP contribution in [0.1, 0.15) is 6.42 Å². The van der Waals surface area contributed by atoms with Crippen molar-refractivity contribution in [2.45, 2.75) is 25.0 Å². The van der Waals surface area contributed by atoms with Crippen molar-refractivity contribution in [2.75, 3.05) is 6.54 Å². The van der Waals surface area contributed by atoms with Crippen LogP contribution in [0.2, 0.25) is 0 Å². The third kappa shape index (κ3) is 4.74. The van der Waals surface area contributed by atoms with Crippen LogP contribution in [0.3, 0.4) is 0 Å². The van der Waals surface area contributed by atoms with Gasteiger partial charge >= 0.3 is 0 Å². The van der Waals surface area contributed by atoms with E-state index in [1.54, 1.807) is 0 Å². The van der Waals surface area contributed by atoms with Gasteiger partial charge in [0, 0.05) is 13.0 Å². The summed E-state index contributed by atoms with van der Waals surface area (Å²) >= 11 is 0. The Labute approximate surface area is 80.5 Å². The Kier molecular flexibility index (Phi) is 5.76. The summed E-state index contributed by atoms with van der Waals surface area (Å²) in [5.74, 6) is 1.51. The number of nitrogens with one attached hydrogen (secondary N) is 1. The van der Waals surface area contributed by atoms with E-state index < -0.39 is 31.0 Å². The second-order valence-electron chi connectivity index (χ2n) is 2.66. The molecular formula is C8H12F2N2O2. The first-order valence-electron chi connectivity index (χ1n) is 3.92. The quantitative estimate of drug-likeness (QED) is 0.509. The van der Waals surface area contributed by atoms with Crippen molar-refractivity contribution in [1.82, 2.24) is 5.32 Å². The van der Waals surface area contributed by atoms with Crippen LogP contribution >= 0.6 is 0 Å². The number of terminal acetylenes is 1. The Bertz CT molecular complexity index is 228. The molecule has 0 aliphatic rings. The second-order valence-corrected chi connectivity index (χ2v) is 2.66. The highest BCUT2D eigenvalue weighted by Crippen LogP contribution is 1.98. The maximum atomic E-state index is 11.8. The van der Waals surface area contributed by atoms with Gasteiger partial charge < -0.3 is 16.2 Å². The van der Waals surface area contributed by atoms with Gasteiger partial charge in [0.2, 0.25) is 5.91 Å². The van der Waals surface area contributed by atoms with Crippen molar-refractivity contribution in [3.8, 4) is 12.3 Å². The number of carbonyl (C=O) groups excluding carboxylic acids is 1. The van der Waals surface area contributed by atoms with Gasteiger partial charge in [-0.1, -0.05) is 0 Å². The molecule has 0 radical (unpaired) electrons. The summed E-state index contributed by atoms with van der Waals surface area (Å²) in [6.07, 6.45) is 0.149.